The van der Waals surface area contributed by atoms with Crippen molar-refractivity contribution in [1.29, 1.82) is 0 Å². The zero-order chi connectivity index (χ0) is 19.9. The van der Waals surface area contributed by atoms with Gasteiger partial charge in [0.2, 0.25) is 11.1 Å². The van der Waals surface area contributed by atoms with Gasteiger partial charge in [0.25, 0.3) is 0 Å². The number of Topliss-reactive ketones (excluding diaryl/α,β-unsaturated/α-hetero) is 1. The first-order chi connectivity index (χ1) is 13.6. The summed E-state index contributed by atoms with van der Waals surface area (Å²) in [7, 11) is 1.58. The zero-order valence-corrected chi connectivity index (χ0v) is 17.0. The van der Waals surface area contributed by atoms with Crippen molar-refractivity contribution in [2.45, 2.75) is 18.5 Å². The van der Waals surface area contributed by atoms with Crippen molar-refractivity contribution >= 4 is 34.8 Å². The fourth-order valence-corrected chi connectivity index (χ4v) is 4.25. The van der Waals surface area contributed by atoms with Crippen molar-refractivity contribution in [3.63, 3.8) is 0 Å². The first kappa shape index (κ1) is 20.0. The van der Waals surface area contributed by atoms with Gasteiger partial charge in [-0.3, -0.25) is 9.59 Å². The van der Waals surface area contributed by atoms with E-state index < -0.39 is 0 Å². The molecule has 8 nitrogen and oxygen atoms in total. The van der Waals surface area contributed by atoms with Gasteiger partial charge >= 0.3 is 0 Å². The van der Waals surface area contributed by atoms with Gasteiger partial charge in [-0.2, -0.15) is 4.68 Å². The van der Waals surface area contributed by atoms with E-state index in [4.69, 9.17) is 4.74 Å². The number of methoxy groups -OCH3 is 1. The number of thioether (sulfide) groups is 1. The summed E-state index contributed by atoms with van der Waals surface area (Å²) in [5.74, 6) is 0.818. The lowest BCUT2D eigenvalue weighted by molar-refractivity contribution is -0.118. The van der Waals surface area contributed by atoms with Gasteiger partial charge in [0.05, 0.1) is 17.7 Å². The molecule has 2 aromatic heterocycles. The quantitative estimate of drug-likeness (QED) is 0.421. The average Bonchev–Trinajstić information content (AvgIpc) is 3.35. The number of benzene rings is 1. The van der Waals surface area contributed by atoms with E-state index >= 15 is 0 Å². The molecule has 0 radical (unpaired) electrons. The van der Waals surface area contributed by atoms with Crippen LogP contribution in [0.5, 0.6) is 5.75 Å². The molecular formula is C18H19N5O3S2. The topological polar surface area (TPSA) is 99.0 Å². The molecule has 0 aliphatic heterocycles. The summed E-state index contributed by atoms with van der Waals surface area (Å²) < 4.78 is 6.91. The van der Waals surface area contributed by atoms with Crippen LogP contribution in [0.4, 0.5) is 0 Å². The number of ketones is 1. The molecule has 1 amide bonds. The standard InChI is InChI=1S/C18H19N5O3S2/c1-12(24)19-10-9-13-7-8-17(28-13)15(25)11-27-18-20-21-22-23(18)14-5-3-4-6-16(14)26-2/h3-8H,9-11H2,1-2H3,(H,19,24). The Morgan fingerprint density at radius 2 is 2.07 bits per heavy atom. The van der Waals surface area contributed by atoms with Crippen molar-refractivity contribution in [3.05, 3.63) is 46.2 Å². The van der Waals surface area contributed by atoms with Gasteiger partial charge in [-0.05, 0) is 41.1 Å². The maximum Gasteiger partial charge on any atom is 0.216 e. The van der Waals surface area contributed by atoms with Crippen LogP contribution in [0, 0.1) is 0 Å². The Morgan fingerprint density at radius 3 is 2.86 bits per heavy atom. The summed E-state index contributed by atoms with van der Waals surface area (Å²) in [6.07, 6.45) is 0.705. The normalized spacial score (nSPS) is 10.6. The van der Waals surface area contributed by atoms with Crippen LogP contribution in [0.15, 0.2) is 41.6 Å². The van der Waals surface area contributed by atoms with Crippen molar-refractivity contribution in [2.24, 2.45) is 0 Å². The number of para-hydroxylation sites is 2. The second kappa shape index (κ2) is 9.47. The number of ether oxygens (including phenoxy) is 1. The lowest BCUT2D eigenvalue weighted by Gasteiger charge is -2.08. The molecule has 0 saturated carbocycles. The van der Waals surface area contributed by atoms with E-state index in [0.717, 1.165) is 4.88 Å². The number of tetrazole rings is 1. The lowest BCUT2D eigenvalue weighted by atomic mass is 10.3. The monoisotopic (exact) mass is 417 g/mol. The summed E-state index contributed by atoms with van der Waals surface area (Å²) in [4.78, 5) is 25.2. The van der Waals surface area contributed by atoms with Gasteiger partial charge < -0.3 is 10.1 Å². The van der Waals surface area contributed by atoms with Crippen molar-refractivity contribution < 1.29 is 14.3 Å². The van der Waals surface area contributed by atoms with Crippen LogP contribution in [0.3, 0.4) is 0 Å². The maximum absolute atomic E-state index is 12.5. The molecule has 3 rings (SSSR count). The highest BCUT2D eigenvalue weighted by Crippen LogP contribution is 2.26. The lowest BCUT2D eigenvalue weighted by Crippen LogP contribution is -2.22. The number of aromatic nitrogens is 4. The molecule has 0 unspecified atom stereocenters. The number of nitrogens with zero attached hydrogens (tertiary/aromatic N) is 4. The Labute approximate surface area is 170 Å². The third kappa shape index (κ3) is 4.96. The second-order valence-electron chi connectivity index (χ2n) is 5.76. The molecule has 0 saturated heterocycles. The SMILES string of the molecule is COc1ccccc1-n1nnnc1SCC(=O)c1ccc(CCNC(C)=O)s1. The predicted molar refractivity (Wildman–Crippen MR) is 107 cm³/mol. The molecule has 1 N–H and O–H groups in total. The molecule has 0 bridgehead atoms. The van der Waals surface area contributed by atoms with Gasteiger partial charge in [0, 0.05) is 18.3 Å². The first-order valence-electron chi connectivity index (χ1n) is 8.49. The van der Waals surface area contributed by atoms with Crippen molar-refractivity contribution in [2.75, 3.05) is 19.4 Å². The van der Waals surface area contributed by atoms with Crippen LogP contribution >= 0.6 is 23.1 Å². The van der Waals surface area contributed by atoms with Crippen LogP contribution in [-0.2, 0) is 11.2 Å². The summed E-state index contributed by atoms with van der Waals surface area (Å²) in [5.41, 5.74) is 0.710. The molecule has 2 heterocycles. The van der Waals surface area contributed by atoms with E-state index in [9.17, 15) is 9.59 Å². The van der Waals surface area contributed by atoms with Crippen LogP contribution in [0.2, 0.25) is 0 Å². The molecule has 146 valence electrons. The first-order valence-corrected chi connectivity index (χ1v) is 10.3. The summed E-state index contributed by atoms with van der Waals surface area (Å²) >= 11 is 2.72. The van der Waals surface area contributed by atoms with Crippen LogP contribution in [0.1, 0.15) is 21.5 Å². The van der Waals surface area contributed by atoms with E-state index in [1.807, 2.05) is 36.4 Å². The maximum atomic E-state index is 12.5. The Kier molecular flexibility index (Phi) is 6.77. The molecule has 0 aliphatic rings. The number of thiophene rings is 1. The Bertz CT molecular complexity index is 970. The molecule has 3 aromatic rings. The summed E-state index contributed by atoms with van der Waals surface area (Å²) in [6.45, 7) is 2.05. The van der Waals surface area contributed by atoms with E-state index in [0.29, 0.717) is 34.4 Å². The number of hydrogen-bond donors (Lipinski definition) is 1. The molecule has 1 aromatic carbocycles. The average molecular weight is 418 g/mol. The van der Waals surface area contributed by atoms with Gasteiger partial charge in [0.1, 0.15) is 11.4 Å². The van der Waals surface area contributed by atoms with Crippen molar-refractivity contribution in [1.82, 2.24) is 25.5 Å². The molecule has 0 spiro atoms. The minimum Gasteiger partial charge on any atom is -0.494 e. The van der Waals surface area contributed by atoms with Gasteiger partial charge in [0.15, 0.2) is 5.78 Å². The molecule has 0 atom stereocenters. The molecule has 10 heteroatoms. The zero-order valence-electron chi connectivity index (χ0n) is 15.4. The molecular weight excluding hydrogens is 398 g/mol. The number of carbonyl (C=O) groups is 2. The number of carbonyl (C=O) groups excluding carboxylic acids is 2. The smallest absolute Gasteiger partial charge is 0.216 e. The second-order valence-corrected chi connectivity index (χ2v) is 7.87. The molecule has 28 heavy (non-hydrogen) atoms. The van der Waals surface area contributed by atoms with Gasteiger partial charge in [-0.15, -0.1) is 16.4 Å². The van der Waals surface area contributed by atoms with Crippen LogP contribution < -0.4 is 10.1 Å². The Hall–Kier alpha value is -2.72. The summed E-state index contributed by atoms with van der Waals surface area (Å²) in [6, 6.07) is 11.1. The molecule has 0 aliphatic carbocycles. The number of rotatable bonds is 9. The Morgan fingerprint density at radius 1 is 1.25 bits per heavy atom. The van der Waals surface area contributed by atoms with Gasteiger partial charge in [-0.25, -0.2) is 0 Å². The van der Waals surface area contributed by atoms with E-state index in [1.54, 1.807) is 11.8 Å². The van der Waals surface area contributed by atoms with Crippen LogP contribution in [-0.4, -0.2) is 51.3 Å². The predicted octanol–water partition coefficient (Wildman–Crippen LogP) is 2.39. The largest absolute Gasteiger partial charge is 0.494 e. The van der Waals surface area contributed by atoms with Crippen molar-refractivity contribution in [3.8, 4) is 11.4 Å². The third-order valence-electron chi connectivity index (χ3n) is 3.77. The number of nitrogens with one attached hydrogen (secondary N) is 1. The fourth-order valence-electron chi connectivity index (χ4n) is 2.45. The van der Waals surface area contributed by atoms with Gasteiger partial charge in [-0.1, -0.05) is 23.9 Å². The van der Waals surface area contributed by atoms with Crippen LogP contribution in [0.25, 0.3) is 5.69 Å². The highest BCUT2D eigenvalue weighted by Gasteiger charge is 2.16. The fraction of sp³-hybridized carbons (Fsp3) is 0.278. The van der Waals surface area contributed by atoms with E-state index in [-0.39, 0.29) is 17.4 Å². The summed E-state index contributed by atoms with van der Waals surface area (Å²) in [5, 5.41) is 15.0. The minimum atomic E-state index is -0.0583. The number of hydrogen-bond acceptors (Lipinski definition) is 8. The highest BCUT2D eigenvalue weighted by atomic mass is 32.2. The van der Waals surface area contributed by atoms with E-state index in [2.05, 4.69) is 20.8 Å². The minimum absolute atomic E-state index is 0.00959. The number of amides is 1. The third-order valence-corrected chi connectivity index (χ3v) is 5.87. The Balaban J connectivity index is 1.62. The molecule has 0 fully saturated rings. The van der Waals surface area contributed by atoms with E-state index in [1.165, 1.54) is 30.0 Å². The highest BCUT2D eigenvalue weighted by molar-refractivity contribution is 7.99.